The van der Waals surface area contributed by atoms with Crippen LogP contribution in [0.15, 0.2) is 36.5 Å². The number of nitrogens with one attached hydrogen (secondary N) is 1. The van der Waals surface area contributed by atoms with Crippen molar-refractivity contribution < 1.29 is 14.7 Å². The summed E-state index contributed by atoms with van der Waals surface area (Å²) >= 11 is 0. The number of carboxylic acid groups (broad SMARTS) is 1. The van der Waals surface area contributed by atoms with Crippen LogP contribution in [0.4, 0.5) is 5.69 Å². The molecule has 1 atom stereocenters. The van der Waals surface area contributed by atoms with E-state index in [0.717, 1.165) is 5.69 Å². The van der Waals surface area contributed by atoms with Gasteiger partial charge in [-0.1, -0.05) is 18.2 Å². The Hall–Kier alpha value is -2.63. The Kier molecular flexibility index (Phi) is 3.43. The molecule has 0 bridgehead atoms. The number of carboxylic acids is 1. The molecule has 2 aromatic rings. The van der Waals surface area contributed by atoms with Crippen LogP contribution in [0.3, 0.4) is 0 Å². The van der Waals surface area contributed by atoms with Gasteiger partial charge in [0.25, 0.3) is 0 Å². The largest absolute Gasteiger partial charge is 0.481 e. The minimum atomic E-state index is -0.844. The Morgan fingerprint density at radius 3 is 2.86 bits per heavy atom. The minimum absolute atomic E-state index is 0.0597. The van der Waals surface area contributed by atoms with E-state index in [0.29, 0.717) is 24.2 Å². The van der Waals surface area contributed by atoms with Crippen molar-refractivity contribution in [1.82, 2.24) is 10.2 Å². The monoisotopic (exact) mass is 285 g/mol. The second-order valence-electron chi connectivity index (χ2n) is 5.04. The average molecular weight is 285 g/mol. The number of anilines is 1. The zero-order valence-corrected chi connectivity index (χ0v) is 11.3. The standard InChI is InChI=1S/C15H15N3O3/c19-14(9-10-5-7-16-17-10)18-8-6-12(15(20)21)11-3-1-2-4-13(11)18/h1-5,7,12H,6,8-9H2,(H,16,17)(H,20,21). The SMILES string of the molecule is O=C(O)C1CCN(C(=O)Cc2ccn[nH]2)c2ccccc21. The van der Waals surface area contributed by atoms with E-state index in [1.807, 2.05) is 6.07 Å². The van der Waals surface area contributed by atoms with E-state index in [4.69, 9.17) is 0 Å². The van der Waals surface area contributed by atoms with Crippen molar-refractivity contribution in [2.24, 2.45) is 0 Å². The van der Waals surface area contributed by atoms with E-state index in [1.54, 1.807) is 35.4 Å². The molecule has 0 radical (unpaired) electrons. The van der Waals surface area contributed by atoms with Crippen molar-refractivity contribution in [3.05, 3.63) is 47.8 Å². The highest BCUT2D eigenvalue weighted by Crippen LogP contribution is 2.35. The topological polar surface area (TPSA) is 86.3 Å². The fourth-order valence-electron chi connectivity index (χ4n) is 2.72. The summed E-state index contributed by atoms with van der Waals surface area (Å²) in [6.45, 7) is 0.418. The Labute approximate surface area is 121 Å². The van der Waals surface area contributed by atoms with Crippen LogP contribution in [-0.4, -0.2) is 33.7 Å². The van der Waals surface area contributed by atoms with Crippen molar-refractivity contribution in [3.8, 4) is 0 Å². The Morgan fingerprint density at radius 2 is 2.14 bits per heavy atom. The lowest BCUT2D eigenvalue weighted by Crippen LogP contribution is -2.39. The lowest BCUT2D eigenvalue weighted by molar-refractivity contribution is -0.139. The van der Waals surface area contributed by atoms with Crippen molar-refractivity contribution in [2.75, 3.05) is 11.4 Å². The third-order valence-electron chi connectivity index (χ3n) is 3.74. The van der Waals surface area contributed by atoms with E-state index in [-0.39, 0.29) is 12.3 Å². The van der Waals surface area contributed by atoms with Gasteiger partial charge in [-0.05, 0) is 24.1 Å². The maximum atomic E-state index is 12.4. The lowest BCUT2D eigenvalue weighted by Gasteiger charge is -2.32. The van der Waals surface area contributed by atoms with Gasteiger partial charge in [0, 0.05) is 24.1 Å². The van der Waals surface area contributed by atoms with E-state index in [1.165, 1.54) is 0 Å². The van der Waals surface area contributed by atoms with Gasteiger partial charge >= 0.3 is 5.97 Å². The number of carbonyl (C=O) groups excluding carboxylic acids is 1. The quantitative estimate of drug-likeness (QED) is 0.896. The maximum absolute atomic E-state index is 12.4. The van der Waals surface area contributed by atoms with Crippen molar-refractivity contribution in [1.29, 1.82) is 0 Å². The molecule has 0 saturated carbocycles. The van der Waals surface area contributed by atoms with Crippen LogP contribution in [0.1, 0.15) is 23.6 Å². The zero-order valence-electron chi connectivity index (χ0n) is 11.3. The molecule has 1 aliphatic rings. The van der Waals surface area contributed by atoms with Crippen LogP contribution in [0.25, 0.3) is 0 Å². The molecule has 1 amide bonds. The lowest BCUT2D eigenvalue weighted by atomic mass is 9.90. The summed E-state index contributed by atoms with van der Waals surface area (Å²) in [6, 6.07) is 8.96. The average Bonchev–Trinajstić information content (AvgIpc) is 2.98. The van der Waals surface area contributed by atoms with Gasteiger partial charge in [0.05, 0.1) is 12.3 Å². The van der Waals surface area contributed by atoms with Crippen LogP contribution in [0.2, 0.25) is 0 Å². The summed E-state index contributed by atoms with van der Waals surface area (Å²) in [4.78, 5) is 25.4. The fraction of sp³-hybridized carbons (Fsp3) is 0.267. The van der Waals surface area contributed by atoms with Crippen LogP contribution in [0.5, 0.6) is 0 Å². The molecule has 108 valence electrons. The molecule has 0 saturated heterocycles. The van der Waals surface area contributed by atoms with Gasteiger partial charge in [0.15, 0.2) is 0 Å². The molecule has 21 heavy (non-hydrogen) atoms. The highest BCUT2D eigenvalue weighted by molar-refractivity contribution is 5.97. The number of carbonyl (C=O) groups is 2. The summed E-state index contributed by atoms with van der Waals surface area (Å²) in [5.41, 5.74) is 2.15. The van der Waals surface area contributed by atoms with Crippen molar-refractivity contribution >= 4 is 17.6 Å². The second-order valence-corrected chi connectivity index (χ2v) is 5.04. The number of rotatable bonds is 3. The summed E-state index contributed by atoms with van der Waals surface area (Å²) in [5, 5.41) is 15.9. The van der Waals surface area contributed by atoms with E-state index >= 15 is 0 Å². The number of amides is 1. The number of aromatic amines is 1. The normalized spacial score (nSPS) is 17.3. The Bertz CT molecular complexity index is 667. The molecular weight excluding hydrogens is 270 g/mol. The molecule has 2 N–H and O–H groups in total. The van der Waals surface area contributed by atoms with Gasteiger partial charge in [0.1, 0.15) is 0 Å². The number of aliphatic carboxylic acids is 1. The number of hydrogen-bond acceptors (Lipinski definition) is 3. The van der Waals surface area contributed by atoms with Gasteiger partial charge < -0.3 is 10.0 Å². The van der Waals surface area contributed by atoms with Crippen LogP contribution in [-0.2, 0) is 16.0 Å². The van der Waals surface area contributed by atoms with Gasteiger partial charge in [-0.25, -0.2) is 0 Å². The summed E-state index contributed by atoms with van der Waals surface area (Å²) < 4.78 is 0. The molecule has 6 heteroatoms. The first-order chi connectivity index (χ1) is 10.2. The predicted octanol–water partition coefficient (Wildman–Crippen LogP) is 1.56. The third-order valence-corrected chi connectivity index (χ3v) is 3.74. The number of para-hydroxylation sites is 1. The molecule has 0 aliphatic carbocycles. The van der Waals surface area contributed by atoms with Gasteiger partial charge in [-0.15, -0.1) is 0 Å². The Balaban J connectivity index is 1.89. The molecule has 1 aromatic carbocycles. The predicted molar refractivity (Wildman–Crippen MR) is 76.1 cm³/mol. The first kappa shape index (κ1) is 13.4. The van der Waals surface area contributed by atoms with Crippen LogP contribution >= 0.6 is 0 Å². The minimum Gasteiger partial charge on any atom is -0.481 e. The molecule has 2 heterocycles. The molecule has 1 unspecified atom stereocenters. The molecule has 6 nitrogen and oxygen atoms in total. The van der Waals surface area contributed by atoms with E-state index in [2.05, 4.69) is 10.2 Å². The molecular formula is C15H15N3O3. The summed E-state index contributed by atoms with van der Waals surface area (Å²) in [5.74, 6) is -1.45. The van der Waals surface area contributed by atoms with Crippen molar-refractivity contribution in [3.63, 3.8) is 0 Å². The van der Waals surface area contributed by atoms with Gasteiger partial charge in [-0.3, -0.25) is 14.7 Å². The smallest absolute Gasteiger partial charge is 0.311 e. The van der Waals surface area contributed by atoms with E-state index in [9.17, 15) is 14.7 Å². The molecule has 0 spiro atoms. The van der Waals surface area contributed by atoms with Crippen molar-refractivity contribution in [2.45, 2.75) is 18.8 Å². The first-order valence-corrected chi connectivity index (χ1v) is 6.77. The number of aromatic nitrogens is 2. The second kappa shape index (κ2) is 5.40. The van der Waals surface area contributed by atoms with Crippen LogP contribution < -0.4 is 4.90 Å². The molecule has 1 aliphatic heterocycles. The molecule has 0 fully saturated rings. The Morgan fingerprint density at radius 1 is 1.33 bits per heavy atom. The summed E-state index contributed by atoms with van der Waals surface area (Å²) in [7, 11) is 0. The fourth-order valence-corrected chi connectivity index (χ4v) is 2.72. The molecule has 3 rings (SSSR count). The van der Waals surface area contributed by atoms with E-state index < -0.39 is 11.9 Å². The maximum Gasteiger partial charge on any atom is 0.311 e. The van der Waals surface area contributed by atoms with Gasteiger partial charge in [-0.2, -0.15) is 5.10 Å². The number of hydrogen-bond donors (Lipinski definition) is 2. The summed E-state index contributed by atoms with van der Waals surface area (Å²) in [6.07, 6.45) is 2.26. The number of fused-ring (bicyclic) bond motifs is 1. The zero-order chi connectivity index (χ0) is 14.8. The number of benzene rings is 1. The first-order valence-electron chi connectivity index (χ1n) is 6.77. The highest BCUT2D eigenvalue weighted by atomic mass is 16.4. The molecule has 1 aromatic heterocycles. The van der Waals surface area contributed by atoms with Crippen LogP contribution in [0, 0.1) is 0 Å². The highest BCUT2D eigenvalue weighted by Gasteiger charge is 2.32. The van der Waals surface area contributed by atoms with Gasteiger partial charge in [0.2, 0.25) is 5.91 Å². The number of nitrogens with zero attached hydrogens (tertiary/aromatic N) is 2. The third kappa shape index (κ3) is 2.52. The number of H-pyrrole nitrogens is 1.